The van der Waals surface area contributed by atoms with Crippen LogP contribution in [0.1, 0.15) is 4.88 Å². The zero-order valence-electron chi connectivity index (χ0n) is 11.4. The Balaban J connectivity index is 2.09. The number of nitrogens with one attached hydrogen (secondary N) is 1. The maximum absolute atomic E-state index is 5.88. The molecule has 0 aliphatic carbocycles. The number of hydrogen-bond donors (Lipinski definition) is 2. The van der Waals surface area contributed by atoms with E-state index in [0.717, 1.165) is 16.3 Å². The summed E-state index contributed by atoms with van der Waals surface area (Å²) in [6.07, 6.45) is 0. The van der Waals surface area contributed by atoms with Gasteiger partial charge in [0.2, 0.25) is 0 Å². The second kappa shape index (κ2) is 6.81. The summed E-state index contributed by atoms with van der Waals surface area (Å²) in [6.45, 7) is 0.558. The number of rotatable bonds is 5. The topological polar surface area (TPSA) is 68.9 Å². The van der Waals surface area contributed by atoms with Crippen LogP contribution < -0.4 is 20.5 Å². The molecule has 0 fully saturated rings. The van der Waals surface area contributed by atoms with Crippen LogP contribution in [0.4, 0.5) is 5.69 Å². The van der Waals surface area contributed by atoms with Gasteiger partial charge in [-0.2, -0.15) is 0 Å². The summed E-state index contributed by atoms with van der Waals surface area (Å²) < 4.78 is 10.4. The van der Waals surface area contributed by atoms with Crippen LogP contribution in [-0.2, 0) is 6.54 Å². The van der Waals surface area contributed by atoms with Crippen molar-refractivity contribution in [3.8, 4) is 11.5 Å². The molecule has 1 heterocycles. The van der Waals surface area contributed by atoms with Crippen LogP contribution in [0.2, 0.25) is 0 Å². The smallest absolute Gasteiger partial charge is 0.193 e. The molecule has 1 aromatic heterocycles. The molecule has 3 N–H and O–H groups in total. The Morgan fingerprint density at radius 3 is 2.80 bits per heavy atom. The lowest BCUT2D eigenvalue weighted by Gasteiger charge is -2.12. The van der Waals surface area contributed by atoms with Gasteiger partial charge in [-0.15, -0.1) is 11.3 Å². The molecule has 6 heteroatoms. The van der Waals surface area contributed by atoms with Crippen molar-refractivity contribution in [3.63, 3.8) is 0 Å². The first-order valence-corrected chi connectivity index (χ1v) is 6.92. The van der Waals surface area contributed by atoms with Gasteiger partial charge >= 0.3 is 0 Å². The molecule has 20 heavy (non-hydrogen) atoms. The lowest BCUT2D eigenvalue weighted by Crippen LogP contribution is -2.22. The summed E-state index contributed by atoms with van der Waals surface area (Å²) in [7, 11) is 3.21. The van der Waals surface area contributed by atoms with Gasteiger partial charge in [-0.05, 0) is 23.6 Å². The van der Waals surface area contributed by atoms with Crippen LogP contribution in [0, 0.1) is 0 Å². The van der Waals surface area contributed by atoms with Crippen molar-refractivity contribution < 1.29 is 9.47 Å². The Morgan fingerprint density at radius 1 is 1.30 bits per heavy atom. The van der Waals surface area contributed by atoms with E-state index in [4.69, 9.17) is 15.2 Å². The van der Waals surface area contributed by atoms with Crippen LogP contribution in [0.25, 0.3) is 0 Å². The summed E-state index contributed by atoms with van der Waals surface area (Å²) in [4.78, 5) is 5.45. The number of hydrogen-bond acceptors (Lipinski definition) is 4. The molecule has 0 saturated carbocycles. The van der Waals surface area contributed by atoms with Crippen LogP contribution >= 0.6 is 11.3 Å². The molecule has 0 radical (unpaired) electrons. The fourth-order valence-corrected chi connectivity index (χ4v) is 2.28. The first kappa shape index (κ1) is 14.2. The molecule has 0 amide bonds. The number of methoxy groups -OCH3 is 2. The second-order valence-corrected chi connectivity index (χ2v) is 5.00. The summed E-state index contributed by atoms with van der Waals surface area (Å²) in [5.41, 5.74) is 6.61. The Labute approximate surface area is 122 Å². The average molecular weight is 291 g/mol. The van der Waals surface area contributed by atoms with Gasteiger partial charge < -0.3 is 20.5 Å². The van der Waals surface area contributed by atoms with Crippen LogP contribution in [0.3, 0.4) is 0 Å². The van der Waals surface area contributed by atoms with E-state index in [0.29, 0.717) is 18.3 Å². The van der Waals surface area contributed by atoms with E-state index >= 15 is 0 Å². The van der Waals surface area contributed by atoms with E-state index in [1.54, 1.807) is 25.6 Å². The van der Waals surface area contributed by atoms with Crippen molar-refractivity contribution in [2.24, 2.45) is 10.7 Å². The number of thiophene rings is 1. The quantitative estimate of drug-likeness (QED) is 0.656. The van der Waals surface area contributed by atoms with Crippen molar-refractivity contribution in [2.75, 3.05) is 19.5 Å². The van der Waals surface area contributed by atoms with Crippen molar-refractivity contribution in [1.82, 2.24) is 0 Å². The highest BCUT2D eigenvalue weighted by atomic mass is 32.1. The van der Waals surface area contributed by atoms with E-state index in [1.807, 2.05) is 35.7 Å². The maximum Gasteiger partial charge on any atom is 0.193 e. The summed E-state index contributed by atoms with van der Waals surface area (Å²) in [5.74, 6) is 1.74. The molecule has 0 saturated heterocycles. The fraction of sp³-hybridized carbons (Fsp3) is 0.214. The van der Waals surface area contributed by atoms with E-state index in [2.05, 4.69) is 10.3 Å². The number of guanidine groups is 1. The standard InChI is InChI=1S/C14H17N3O2S/c1-18-10-5-6-13(19-2)12(8-10)17-14(15)16-9-11-4-3-7-20-11/h3-8H,9H2,1-2H3,(H3,15,16,17). The van der Waals surface area contributed by atoms with E-state index < -0.39 is 0 Å². The van der Waals surface area contributed by atoms with Crippen LogP contribution in [0.5, 0.6) is 11.5 Å². The van der Waals surface area contributed by atoms with Gasteiger partial charge in [-0.3, -0.25) is 0 Å². The van der Waals surface area contributed by atoms with Gasteiger partial charge in [-0.1, -0.05) is 6.07 Å². The molecule has 2 aromatic rings. The lowest BCUT2D eigenvalue weighted by molar-refractivity contribution is 0.405. The molecule has 1 aromatic carbocycles. The van der Waals surface area contributed by atoms with Gasteiger partial charge in [0.1, 0.15) is 11.5 Å². The molecule has 5 nitrogen and oxygen atoms in total. The Morgan fingerprint density at radius 2 is 2.15 bits per heavy atom. The predicted molar refractivity (Wildman–Crippen MR) is 82.8 cm³/mol. The van der Waals surface area contributed by atoms with Crippen molar-refractivity contribution in [3.05, 3.63) is 40.6 Å². The first-order chi connectivity index (χ1) is 9.72. The number of aliphatic imine (C=N–C) groups is 1. The van der Waals surface area contributed by atoms with E-state index in [1.165, 1.54) is 0 Å². The van der Waals surface area contributed by atoms with Gasteiger partial charge in [0.15, 0.2) is 5.96 Å². The summed E-state index contributed by atoms with van der Waals surface area (Å²) in [5, 5.41) is 5.04. The average Bonchev–Trinajstić information content (AvgIpc) is 2.98. The number of benzene rings is 1. The molecule has 0 unspecified atom stereocenters. The van der Waals surface area contributed by atoms with Gasteiger partial charge in [0.05, 0.1) is 26.5 Å². The molecule has 0 aliphatic heterocycles. The fourth-order valence-electron chi connectivity index (χ4n) is 1.65. The summed E-state index contributed by atoms with van der Waals surface area (Å²) >= 11 is 1.65. The number of ether oxygens (including phenoxy) is 2. The number of nitrogens with two attached hydrogens (primary N) is 1. The SMILES string of the molecule is COc1ccc(OC)c(NC(N)=NCc2cccs2)c1. The monoisotopic (exact) mass is 291 g/mol. The van der Waals surface area contributed by atoms with E-state index in [-0.39, 0.29) is 0 Å². The third kappa shape index (κ3) is 3.64. The zero-order valence-corrected chi connectivity index (χ0v) is 12.2. The lowest BCUT2D eigenvalue weighted by atomic mass is 10.2. The second-order valence-electron chi connectivity index (χ2n) is 3.97. The highest BCUT2D eigenvalue weighted by Gasteiger charge is 2.06. The first-order valence-electron chi connectivity index (χ1n) is 6.04. The Bertz CT molecular complexity index is 582. The van der Waals surface area contributed by atoms with Gasteiger partial charge in [-0.25, -0.2) is 4.99 Å². The Hall–Kier alpha value is -2.21. The molecular formula is C14H17N3O2S. The van der Waals surface area contributed by atoms with Crippen molar-refractivity contribution in [2.45, 2.75) is 6.54 Å². The Kier molecular flexibility index (Phi) is 4.84. The predicted octanol–water partition coefficient (Wildman–Crippen LogP) is 2.69. The van der Waals surface area contributed by atoms with Crippen molar-refractivity contribution in [1.29, 1.82) is 0 Å². The maximum atomic E-state index is 5.88. The molecular weight excluding hydrogens is 274 g/mol. The van der Waals surface area contributed by atoms with Crippen molar-refractivity contribution >= 4 is 23.0 Å². The molecule has 2 rings (SSSR count). The zero-order chi connectivity index (χ0) is 14.4. The highest BCUT2D eigenvalue weighted by molar-refractivity contribution is 7.09. The largest absolute Gasteiger partial charge is 0.497 e. The number of nitrogens with zero attached hydrogens (tertiary/aromatic N) is 1. The minimum atomic E-state index is 0.338. The molecule has 106 valence electrons. The van der Waals surface area contributed by atoms with E-state index in [9.17, 15) is 0 Å². The third-order valence-electron chi connectivity index (χ3n) is 2.65. The normalized spacial score (nSPS) is 11.2. The minimum Gasteiger partial charge on any atom is -0.497 e. The van der Waals surface area contributed by atoms with Crippen LogP contribution in [-0.4, -0.2) is 20.2 Å². The molecule has 0 spiro atoms. The third-order valence-corrected chi connectivity index (χ3v) is 3.52. The highest BCUT2D eigenvalue weighted by Crippen LogP contribution is 2.28. The van der Waals surface area contributed by atoms with Gasteiger partial charge in [0.25, 0.3) is 0 Å². The molecule has 0 atom stereocenters. The number of anilines is 1. The van der Waals surface area contributed by atoms with Crippen LogP contribution in [0.15, 0.2) is 40.7 Å². The molecule has 0 bridgehead atoms. The minimum absolute atomic E-state index is 0.338. The van der Waals surface area contributed by atoms with Gasteiger partial charge in [0, 0.05) is 10.9 Å². The molecule has 0 aliphatic rings. The summed E-state index contributed by atoms with van der Waals surface area (Å²) in [6, 6.07) is 9.46.